The van der Waals surface area contributed by atoms with Crippen molar-refractivity contribution < 1.29 is 27.0 Å². The molecule has 0 radical (unpaired) electrons. The number of rotatable bonds is 5. The molecule has 4 aromatic rings. The highest BCUT2D eigenvalue weighted by Gasteiger charge is 2.56. The molecular formula is C34H30F4N6O2. The highest BCUT2D eigenvalue weighted by molar-refractivity contribution is 6.03. The molecule has 2 N–H and O–H groups in total. The summed E-state index contributed by atoms with van der Waals surface area (Å²) in [7, 11) is 0. The van der Waals surface area contributed by atoms with Gasteiger partial charge in [0.1, 0.15) is 35.6 Å². The van der Waals surface area contributed by atoms with Crippen LogP contribution >= 0.6 is 0 Å². The Morgan fingerprint density at radius 1 is 1.22 bits per heavy atom. The van der Waals surface area contributed by atoms with Crippen LogP contribution in [0.25, 0.3) is 32.9 Å². The molecule has 4 fully saturated rings. The van der Waals surface area contributed by atoms with Crippen LogP contribution in [0, 0.1) is 29.9 Å². The lowest BCUT2D eigenvalue weighted by Crippen LogP contribution is -2.43. The number of ether oxygens (including phenoxy) is 2. The Labute approximate surface area is 262 Å². The standard InChI is InChI=1S/C34H30F4N6O2/c1-2-21-25(36)5-4-19-10-20(39)11-22(26(19)21)29-28(38)30-23(14-40-29)32(44-8-9-45-16-24-27(37)31(24)44)42-33(41-30)46-17-34-6-3-7-43(34)15-18(12-34)13-35/h1,4-5,10-11,13-14,24,27,31H,3,6-9,12,15-17,39H2/b18-13-/t24?,27-,31?,34-/m0/s1. The third kappa shape index (κ3) is 4.47. The van der Waals surface area contributed by atoms with Crippen LogP contribution < -0.4 is 15.4 Å². The van der Waals surface area contributed by atoms with Gasteiger partial charge in [0.15, 0.2) is 5.82 Å². The number of pyridine rings is 1. The highest BCUT2D eigenvalue weighted by atomic mass is 19.1. The first-order valence-corrected chi connectivity index (χ1v) is 15.3. The molecule has 4 aliphatic rings. The zero-order valence-electron chi connectivity index (χ0n) is 24.8. The van der Waals surface area contributed by atoms with Gasteiger partial charge in [0.2, 0.25) is 0 Å². The SMILES string of the molecule is C#Cc1c(F)ccc2cc(N)cc(-c3ncc4c(N5CCOCC6C5[C@H]6F)nc(OC[C@@]56CCCN5C/C(=C\F)C6)nc4c3F)c12. The van der Waals surface area contributed by atoms with Crippen LogP contribution in [0.3, 0.4) is 0 Å². The fourth-order valence-electron chi connectivity index (χ4n) is 7.62. The van der Waals surface area contributed by atoms with Gasteiger partial charge in [0.05, 0.1) is 42.1 Å². The van der Waals surface area contributed by atoms with Gasteiger partial charge in [-0.2, -0.15) is 9.97 Å². The molecule has 12 heteroatoms. The van der Waals surface area contributed by atoms with Crippen LogP contribution in [0.4, 0.5) is 29.1 Å². The van der Waals surface area contributed by atoms with E-state index in [0.29, 0.717) is 49.1 Å². The predicted octanol–water partition coefficient (Wildman–Crippen LogP) is 5.33. The monoisotopic (exact) mass is 630 g/mol. The third-order valence-electron chi connectivity index (χ3n) is 9.90. The summed E-state index contributed by atoms with van der Waals surface area (Å²) in [5.74, 6) is 0.873. The topological polar surface area (TPSA) is 89.6 Å². The smallest absolute Gasteiger partial charge is 0.319 e. The van der Waals surface area contributed by atoms with Crippen molar-refractivity contribution in [2.24, 2.45) is 5.92 Å². The average Bonchev–Trinajstić information content (AvgIpc) is 3.41. The quantitative estimate of drug-likeness (QED) is 0.180. The Hall–Kier alpha value is -4.47. The van der Waals surface area contributed by atoms with E-state index in [4.69, 9.17) is 26.6 Å². The van der Waals surface area contributed by atoms with Crippen molar-refractivity contribution in [2.75, 3.05) is 50.1 Å². The summed E-state index contributed by atoms with van der Waals surface area (Å²) in [5, 5.41) is 1.07. The maximum atomic E-state index is 16.8. The molecule has 0 spiro atoms. The molecule has 2 aromatic carbocycles. The van der Waals surface area contributed by atoms with E-state index in [2.05, 4.69) is 20.8 Å². The Bertz CT molecular complexity index is 1980. The lowest BCUT2D eigenvalue weighted by atomic mass is 9.94. The molecule has 8 nitrogen and oxygen atoms in total. The minimum Gasteiger partial charge on any atom is -0.461 e. The maximum Gasteiger partial charge on any atom is 0.319 e. The van der Waals surface area contributed by atoms with E-state index in [1.807, 2.05) is 0 Å². The summed E-state index contributed by atoms with van der Waals surface area (Å²) in [5.41, 5.74) is 6.69. The molecule has 5 heterocycles. The molecule has 0 amide bonds. The summed E-state index contributed by atoms with van der Waals surface area (Å²) >= 11 is 0. The zero-order valence-corrected chi connectivity index (χ0v) is 24.8. The van der Waals surface area contributed by atoms with Gasteiger partial charge in [-0.05, 0) is 55.0 Å². The molecule has 2 aromatic heterocycles. The number of benzene rings is 2. The fraction of sp³-hybridized carbons (Fsp3) is 0.382. The molecule has 236 valence electrons. The number of aromatic nitrogens is 3. The van der Waals surface area contributed by atoms with Crippen molar-refractivity contribution in [2.45, 2.75) is 37.0 Å². The van der Waals surface area contributed by atoms with Crippen LogP contribution in [0.15, 0.2) is 42.4 Å². The van der Waals surface area contributed by atoms with Gasteiger partial charge >= 0.3 is 6.01 Å². The van der Waals surface area contributed by atoms with E-state index in [0.717, 1.165) is 19.4 Å². The molecule has 0 bridgehead atoms. The Morgan fingerprint density at radius 2 is 2.09 bits per heavy atom. The summed E-state index contributed by atoms with van der Waals surface area (Å²) in [6, 6.07) is 5.30. The van der Waals surface area contributed by atoms with Crippen molar-refractivity contribution in [1.29, 1.82) is 0 Å². The van der Waals surface area contributed by atoms with Gasteiger partial charge in [-0.1, -0.05) is 12.0 Å². The van der Waals surface area contributed by atoms with Crippen LogP contribution in [0.1, 0.15) is 24.8 Å². The van der Waals surface area contributed by atoms with Crippen molar-refractivity contribution in [3.05, 3.63) is 59.6 Å². The second-order valence-corrected chi connectivity index (χ2v) is 12.6. The summed E-state index contributed by atoms with van der Waals surface area (Å²) < 4.78 is 72.0. The second kappa shape index (κ2) is 10.8. The number of alkyl halides is 1. The molecule has 3 aliphatic heterocycles. The Kier molecular flexibility index (Phi) is 6.81. The fourth-order valence-corrected chi connectivity index (χ4v) is 7.62. The second-order valence-electron chi connectivity index (χ2n) is 12.6. The predicted molar refractivity (Wildman–Crippen MR) is 166 cm³/mol. The molecule has 8 rings (SSSR count). The number of hydrogen-bond donors (Lipinski definition) is 1. The number of hydrogen-bond acceptors (Lipinski definition) is 8. The number of halogens is 4. The van der Waals surface area contributed by atoms with Gasteiger partial charge < -0.3 is 20.1 Å². The molecule has 4 atom stereocenters. The number of fused-ring (bicyclic) bond motifs is 4. The minimum absolute atomic E-state index is 0.0434. The first-order chi connectivity index (χ1) is 22.3. The zero-order chi connectivity index (χ0) is 31.7. The highest BCUT2D eigenvalue weighted by Crippen LogP contribution is 2.46. The van der Waals surface area contributed by atoms with E-state index in [-0.39, 0.29) is 64.1 Å². The maximum absolute atomic E-state index is 16.8. The van der Waals surface area contributed by atoms with Gasteiger partial charge in [0.25, 0.3) is 0 Å². The lowest BCUT2D eigenvalue weighted by Gasteiger charge is -2.31. The van der Waals surface area contributed by atoms with Gasteiger partial charge in [-0.3, -0.25) is 9.88 Å². The minimum atomic E-state index is -1.13. The number of anilines is 2. The van der Waals surface area contributed by atoms with Gasteiger partial charge in [-0.25, -0.2) is 17.6 Å². The van der Waals surface area contributed by atoms with Crippen LogP contribution in [0.5, 0.6) is 6.01 Å². The number of nitrogen functional groups attached to an aromatic ring is 1. The van der Waals surface area contributed by atoms with E-state index in [9.17, 15) is 13.2 Å². The average molecular weight is 631 g/mol. The molecular weight excluding hydrogens is 600 g/mol. The molecule has 3 saturated heterocycles. The number of nitrogens with two attached hydrogens (primary N) is 1. The number of nitrogens with zero attached hydrogens (tertiary/aromatic N) is 5. The first kappa shape index (κ1) is 29.0. The van der Waals surface area contributed by atoms with Crippen molar-refractivity contribution in [3.63, 3.8) is 0 Å². The third-order valence-corrected chi connectivity index (χ3v) is 9.90. The normalized spacial score (nSPS) is 26.7. The molecule has 1 saturated carbocycles. The van der Waals surface area contributed by atoms with E-state index in [1.54, 1.807) is 11.0 Å². The Balaban J connectivity index is 1.29. The van der Waals surface area contributed by atoms with Crippen molar-refractivity contribution >= 4 is 33.2 Å². The summed E-state index contributed by atoms with van der Waals surface area (Å²) in [4.78, 5) is 17.7. The van der Waals surface area contributed by atoms with Crippen molar-refractivity contribution in [1.82, 2.24) is 19.9 Å². The summed E-state index contributed by atoms with van der Waals surface area (Å²) in [6.07, 6.45) is 8.91. The van der Waals surface area contributed by atoms with Crippen LogP contribution in [-0.4, -0.2) is 77.1 Å². The molecule has 1 aliphatic carbocycles. The van der Waals surface area contributed by atoms with Crippen molar-refractivity contribution in [3.8, 4) is 29.6 Å². The van der Waals surface area contributed by atoms with Crippen LogP contribution in [0.2, 0.25) is 0 Å². The number of terminal acetylenes is 1. The van der Waals surface area contributed by atoms with Crippen LogP contribution in [-0.2, 0) is 4.74 Å². The molecule has 2 unspecified atom stereocenters. The molecule has 46 heavy (non-hydrogen) atoms. The van der Waals surface area contributed by atoms with E-state index in [1.165, 1.54) is 24.4 Å². The van der Waals surface area contributed by atoms with E-state index >= 15 is 4.39 Å². The van der Waals surface area contributed by atoms with Gasteiger partial charge in [-0.15, -0.1) is 6.42 Å². The summed E-state index contributed by atoms with van der Waals surface area (Å²) in [6.45, 7) is 2.45. The first-order valence-electron chi connectivity index (χ1n) is 15.3. The largest absolute Gasteiger partial charge is 0.461 e. The lowest BCUT2D eigenvalue weighted by molar-refractivity contribution is 0.108. The Morgan fingerprint density at radius 3 is 2.91 bits per heavy atom. The van der Waals surface area contributed by atoms with E-state index < -0.39 is 29.4 Å². The van der Waals surface area contributed by atoms with Gasteiger partial charge in [0, 0.05) is 41.8 Å².